The van der Waals surface area contributed by atoms with Gasteiger partial charge in [0.1, 0.15) is 5.82 Å². The van der Waals surface area contributed by atoms with Crippen molar-refractivity contribution in [2.45, 2.75) is 33.1 Å². The fourth-order valence-corrected chi connectivity index (χ4v) is 1.58. The van der Waals surface area contributed by atoms with E-state index in [2.05, 4.69) is 11.9 Å². The normalized spacial score (nSPS) is 10.3. The van der Waals surface area contributed by atoms with Crippen molar-refractivity contribution < 1.29 is 9.90 Å². The zero-order valence-corrected chi connectivity index (χ0v) is 10.7. The van der Waals surface area contributed by atoms with Crippen molar-refractivity contribution >= 4 is 11.8 Å². The number of carboxylic acids is 1. The van der Waals surface area contributed by atoms with Gasteiger partial charge in [-0.3, -0.25) is 0 Å². The maximum Gasteiger partial charge on any atom is 0.335 e. The number of aromatic nitrogens is 1. The van der Waals surface area contributed by atoms with Gasteiger partial charge in [-0.05, 0) is 25.0 Å². The lowest BCUT2D eigenvalue weighted by molar-refractivity contribution is 0.0696. The first-order valence-corrected chi connectivity index (χ1v) is 6.03. The summed E-state index contributed by atoms with van der Waals surface area (Å²) < 4.78 is 0. The largest absolute Gasteiger partial charge is 0.478 e. The van der Waals surface area contributed by atoms with Gasteiger partial charge in [-0.2, -0.15) is 0 Å². The number of aryl methyl sites for hydroxylation is 1. The van der Waals surface area contributed by atoms with Crippen LogP contribution in [0.15, 0.2) is 12.1 Å². The molecule has 0 aromatic carbocycles. The minimum absolute atomic E-state index is 0.315. The molecule has 1 aromatic rings. The number of aromatic carboxylic acids is 1. The smallest absolute Gasteiger partial charge is 0.335 e. The number of carbonyl (C=O) groups is 1. The highest BCUT2D eigenvalue weighted by Crippen LogP contribution is 2.15. The molecule has 0 aliphatic carbocycles. The van der Waals surface area contributed by atoms with Gasteiger partial charge in [0.15, 0.2) is 0 Å². The van der Waals surface area contributed by atoms with Crippen LogP contribution in [0, 0.1) is 0 Å². The lowest BCUT2D eigenvalue weighted by Gasteiger charge is -2.19. The molecule has 0 aliphatic rings. The van der Waals surface area contributed by atoms with Crippen LogP contribution in [0.1, 0.15) is 42.7 Å². The summed E-state index contributed by atoms with van der Waals surface area (Å²) in [6.07, 6.45) is 2.94. The van der Waals surface area contributed by atoms with Crippen molar-refractivity contribution in [2.75, 3.05) is 18.5 Å². The number of nitrogens with zero attached hydrogens (tertiary/aromatic N) is 2. The van der Waals surface area contributed by atoms with E-state index in [0.29, 0.717) is 5.56 Å². The SMILES string of the molecule is CCCCN(C)c1cc(C(=O)O)cc(CC)n1. The Balaban J connectivity index is 2.97. The Bertz CT molecular complexity index is 391. The van der Waals surface area contributed by atoms with Crippen LogP contribution in [0.25, 0.3) is 0 Å². The zero-order chi connectivity index (χ0) is 12.8. The van der Waals surface area contributed by atoms with E-state index in [9.17, 15) is 4.79 Å². The summed E-state index contributed by atoms with van der Waals surface area (Å²) >= 11 is 0. The van der Waals surface area contributed by atoms with Crippen LogP contribution in [0.2, 0.25) is 0 Å². The average Bonchev–Trinajstić information content (AvgIpc) is 2.35. The maximum absolute atomic E-state index is 11.0. The molecule has 94 valence electrons. The number of pyridine rings is 1. The number of hydrogen-bond acceptors (Lipinski definition) is 3. The summed E-state index contributed by atoms with van der Waals surface area (Å²) in [6.45, 7) is 5.01. The van der Waals surface area contributed by atoms with Crippen molar-refractivity contribution in [3.8, 4) is 0 Å². The average molecular weight is 236 g/mol. The lowest BCUT2D eigenvalue weighted by Crippen LogP contribution is -2.20. The number of anilines is 1. The predicted molar refractivity (Wildman–Crippen MR) is 68.8 cm³/mol. The molecule has 0 saturated carbocycles. The first kappa shape index (κ1) is 13.5. The van der Waals surface area contributed by atoms with E-state index >= 15 is 0 Å². The third-order valence-electron chi connectivity index (χ3n) is 2.71. The van der Waals surface area contributed by atoms with Gasteiger partial charge in [-0.25, -0.2) is 9.78 Å². The first-order chi connectivity index (χ1) is 8.08. The number of hydrogen-bond donors (Lipinski definition) is 1. The van der Waals surface area contributed by atoms with E-state index in [-0.39, 0.29) is 0 Å². The number of rotatable bonds is 6. The molecular formula is C13H20N2O2. The van der Waals surface area contributed by atoms with E-state index in [1.807, 2.05) is 18.9 Å². The summed E-state index contributed by atoms with van der Waals surface area (Å²) in [5.41, 5.74) is 1.14. The summed E-state index contributed by atoms with van der Waals surface area (Å²) in [4.78, 5) is 17.5. The summed E-state index contributed by atoms with van der Waals surface area (Å²) in [5, 5.41) is 9.04. The Morgan fingerprint density at radius 3 is 2.65 bits per heavy atom. The van der Waals surface area contributed by atoms with E-state index in [0.717, 1.165) is 37.3 Å². The van der Waals surface area contributed by atoms with Gasteiger partial charge in [0, 0.05) is 19.3 Å². The molecule has 4 nitrogen and oxygen atoms in total. The monoisotopic (exact) mass is 236 g/mol. The predicted octanol–water partition coefficient (Wildman–Crippen LogP) is 2.58. The van der Waals surface area contributed by atoms with Crippen molar-refractivity contribution in [1.82, 2.24) is 4.98 Å². The summed E-state index contributed by atoms with van der Waals surface area (Å²) in [7, 11) is 1.95. The molecule has 1 rings (SSSR count). The Hall–Kier alpha value is -1.58. The first-order valence-electron chi connectivity index (χ1n) is 6.03. The number of carboxylic acid groups (broad SMARTS) is 1. The topological polar surface area (TPSA) is 53.4 Å². The fraction of sp³-hybridized carbons (Fsp3) is 0.538. The molecule has 17 heavy (non-hydrogen) atoms. The van der Waals surface area contributed by atoms with Crippen LogP contribution in [-0.2, 0) is 6.42 Å². The maximum atomic E-state index is 11.0. The van der Waals surface area contributed by atoms with Crippen molar-refractivity contribution in [1.29, 1.82) is 0 Å². The molecule has 0 atom stereocenters. The van der Waals surface area contributed by atoms with Crippen LogP contribution < -0.4 is 4.90 Å². The van der Waals surface area contributed by atoms with Crippen LogP contribution in [0.5, 0.6) is 0 Å². The van der Waals surface area contributed by atoms with Gasteiger partial charge >= 0.3 is 5.97 Å². The second-order valence-corrected chi connectivity index (χ2v) is 4.14. The minimum atomic E-state index is -0.896. The van der Waals surface area contributed by atoms with Gasteiger partial charge in [-0.1, -0.05) is 20.3 Å². The van der Waals surface area contributed by atoms with E-state index < -0.39 is 5.97 Å². The highest BCUT2D eigenvalue weighted by molar-refractivity contribution is 5.88. The lowest BCUT2D eigenvalue weighted by atomic mass is 10.2. The molecule has 1 heterocycles. The molecular weight excluding hydrogens is 216 g/mol. The molecule has 1 N–H and O–H groups in total. The Labute approximate surface area is 102 Å². The fourth-order valence-electron chi connectivity index (χ4n) is 1.58. The molecule has 4 heteroatoms. The van der Waals surface area contributed by atoms with Gasteiger partial charge in [0.05, 0.1) is 5.56 Å². The summed E-state index contributed by atoms with van der Waals surface area (Å²) in [6, 6.07) is 3.27. The molecule has 0 spiro atoms. The second-order valence-electron chi connectivity index (χ2n) is 4.14. The van der Waals surface area contributed by atoms with Gasteiger partial charge in [0.25, 0.3) is 0 Å². The van der Waals surface area contributed by atoms with Crippen molar-refractivity contribution in [3.05, 3.63) is 23.4 Å². The third-order valence-corrected chi connectivity index (χ3v) is 2.71. The third kappa shape index (κ3) is 3.73. The van der Waals surface area contributed by atoms with Crippen molar-refractivity contribution in [2.24, 2.45) is 0 Å². The Kier molecular flexibility index (Phi) is 4.94. The molecule has 0 saturated heterocycles. The molecule has 0 unspecified atom stereocenters. The molecule has 0 radical (unpaired) electrons. The van der Waals surface area contributed by atoms with E-state index in [4.69, 9.17) is 5.11 Å². The highest BCUT2D eigenvalue weighted by Gasteiger charge is 2.10. The quantitative estimate of drug-likeness (QED) is 0.824. The van der Waals surface area contributed by atoms with Gasteiger partial charge < -0.3 is 10.0 Å². The Morgan fingerprint density at radius 2 is 2.12 bits per heavy atom. The Morgan fingerprint density at radius 1 is 1.41 bits per heavy atom. The second kappa shape index (κ2) is 6.23. The number of unbranched alkanes of at least 4 members (excludes halogenated alkanes) is 1. The van der Waals surface area contributed by atoms with Gasteiger partial charge in [-0.15, -0.1) is 0 Å². The van der Waals surface area contributed by atoms with E-state index in [1.54, 1.807) is 12.1 Å². The van der Waals surface area contributed by atoms with Crippen LogP contribution in [0.3, 0.4) is 0 Å². The van der Waals surface area contributed by atoms with Crippen LogP contribution in [0.4, 0.5) is 5.82 Å². The zero-order valence-electron chi connectivity index (χ0n) is 10.7. The molecule has 0 fully saturated rings. The van der Waals surface area contributed by atoms with E-state index in [1.165, 1.54) is 0 Å². The molecule has 0 bridgehead atoms. The molecule has 0 aliphatic heterocycles. The summed E-state index contributed by atoms with van der Waals surface area (Å²) in [5.74, 6) is -0.151. The minimum Gasteiger partial charge on any atom is -0.478 e. The van der Waals surface area contributed by atoms with Crippen molar-refractivity contribution in [3.63, 3.8) is 0 Å². The van der Waals surface area contributed by atoms with Gasteiger partial charge in [0.2, 0.25) is 0 Å². The van der Waals surface area contributed by atoms with Crippen LogP contribution >= 0.6 is 0 Å². The molecule has 0 amide bonds. The van der Waals surface area contributed by atoms with Crippen LogP contribution in [-0.4, -0.2) is 29.7 Å². The highest BCUT2D eigenvalue weighted by atomic mass is 16.4. The molecule has 1 aromatic heterocycles. The standard InChI is InChI=1S/C13H20N2O2/c1-4-6-7-15(3)12-9-10(13(16)17)8-11(5-2)14-12/h8-9H,4-7H2,1-3H3,(H,16,17).